The predicted octanol–water partition coefficient (Wildman–Crippen LogP) is 2.27. The van der Waals surface area contributed by atoms with Crippen LogP contribution in [0, 0.1) is 0 Å². The first-order chi connectivity index (χ1) is 9.34. The molecule has 0 bridgehead atoms. The van der Waals surface area contributed by atoms with Gasteiger partial charge in [0.1, 0.15) is 0 Å². The van der Waals surface area contributed by atoms with Crippen LogP contribution in [-0.2, 0) is 9.31 Å². The number of hydrogen-bond donors (Lipinski definition) is 0. The summed E-state index contributed by atoms with van der Waals surface area (Å²) in [6, 6.07) is 4.10. The van der Waals surface area contributed by atoms with E-state index in [1.54, 1.807) is 7.11 Å². The Labute approximate surface area is 121 Å². The molecule has 2 aliphatic rings. The molecule has 2 heterocycles. The van der Waals surface area contributed by atoms with E-state index in [0.29, 0.717) is 11.8 Å². The number of rotatable bonds is 3. The molecule has 1 aromatic heterocycles. The fourth-order valence-electron chi connectivity index (χ4n) is 2.38. The molecule has 2 fully saturated rings. The van der Waals surface area contributed by atoms with Crippen molar-refractivity contribution in [1.82, 2.24) is 4.98 Å². The molecule has 0 spiro atoms. The quantitative estimate of drug-likeness (QED) is 0.793. The molecule has 0 N–H and O–H groups in total. The number of methoxy groups -OCH3 is 1. The number of pyridine rings is 1. The SMILES string of the molecule is COc1nc(C2CC2)ccc1B1OC(C)(C)C(C)(C)O1. The van der Waals surface area contributed by atoms with Crippen LogP contribution in [0.15, 0.2) is 12.1 Å². The van der Waals surface area contributed by atoms with Crippen molar-refractivity contribution in [2.75, 3.05) is 7.11 Å². The van der Waals surface area contributed by atoms with Crippen LogP contribution in [0.1, 0.15) is 52.1 Å². The van der Waals surface area contributed by atoms with Crippen LogP contribution in [0.5, 0.6) is 5.88 Å². The Morgan fingerprint density at radius 1 is 1.15 bits per heavy atom. The Morgan fingerprint density at radius 3 is 2.25 bits per heavy atom. The third kappa shape index (κ3) is 2.23. The number of nitrogens with zero attached hydrogens (tertiary/aromatic N) is 1. The number of ether oxygens (including phenoxy) is 1. The third-order valence-corrected chi connectivity index (χ3v) is 4.61. The summed E-state index contributed by atoms with van der Waals surface area (Å²) in [6.45, 7) is 8.19. The van der Waals surface area contributed by atoms with Gasteiger partial charge in [-0.25, -0.2) is 4.98 Å². The van der Waals surface area contributed by atoms with Gasteiger partial charge in [0, 0.05) is 17.1 Å². The highest BCUT2D eigenvalue weighted by Gasteiger charge is 2.52. The van der Waals surface area contributed by atoms with Crippen molar-refractivity contribution < 1.29 is 14.0 Å². The lowest BCUT2D eigenvalue weighted by Crippen LogP contribution is -2.41. The van der Waals surface area contributed by atoms with E-state index in [1.165, 1.54) is 12.8 Å². The Kier molecular flexibility index (Phi) is 3.10. The van der Waals surface area contributed by atoms with Gasteiger partial charge in [0.15, 0.2) is 0 Å². The second kappa shape index (κ2) is 4.47. The lowest BCUT2D eigenvalue weighted by Gasteiger charge is -2.32. The molecular weight excluding hydrogens is 253 g/mol. The van der Waals surface area contributed by atoms with Gasteiger partial charge in [0.25, 0.3) is 0 Å². The Morgan fingerprint density at radius 2 is 1.75 bits per heavy atom. The molecule has 0 amide bonds. The standard InChI is InChI=1S/C15H22BNO3/c1-14(2)15(3,4)20-16(19-14)11-8-9-12(10-6-7-10)17-13(11)18-5/h8-10H,6-7H2,1-5H3. The first-order valence-corrected chi connectivity index (χ1v) is 7.24. The molecular formula is C15H22BNO3. The van der Waals surface area contributed by atoms with Crippen molar-refractivity contribution in [3.8, 4) is 5.88 Å². The number of hydrogen-bond acceptors (Lipinski definition) is 4. The Bertz CT molecular complexity index is 510. The molecule has 1 aromatic rings. The van der Waals surface area contributed by atoms with Gasteiger partial charge in [-0.05, 0) is 46.6 Å². The van der Waals surface area contributed by atoms with E-state index in [4.69, 9.17) is 14.0 Å². The summed E-state index contributed by atoms with van der Waals surface area (Å²) >= 11 is 0. The summed E-state index contributed by atoms with van der Waals surface area (Å²) < 4.78 is 17.6. The van der Waals surface area contributed by atoms with E-state index >= 15 is 0 Å². The second-order valence-electron chi connectivity index (χ2n) is 6.70. The maximum Gasteiger partial charge on any atom is 0.500 e. The Hall–Kier alpha value is -1.07. The van der Waals surface area contributed by atoms with Crippen LogP contribution < -0.4 is 10.2 Å². The third-order valence-electron chi connectivity index (χ3n) is 4.61. The van der Waals surface area contributed by atoms with Gasteiger partial charge in [-0.1, -0.05) is 6.07 Å². The smallest absolute Gasteiger partial charge is 0.481 e. The first kappa shape index (κ1) is 13.9. The lowest BCUT2D eigenvalue weighted by molar-refractivity contribution is 0.00578. The van der Waals surface area contributed by atoms with Gasteiger partial charge >= 0.3 is 7.12 Å². The molecule has 5 heteroatoms. The average molecular weight is 275 g/mol. The highest BCUT2D eigenvalue weighted by Crippen LogP contribution is 2.40. The average Bonchev–Trinajstić information content (AvgIpc) is 3.17. The zero-order valence-electron chi connectivity index (χ0n) is 12.9. The van der Waals surface area contributed by atoms with E-state index in [2.05, 4.69) is 11.1 Å². The molecule has 108 valence electrons. The van der Waals surface area contributed by atoms with Crippen LogP contribution in [0.2, 0.25) is 0 Å². The molecule has 0 aromatic carbocycles. The monoisotopic (exact) mass is 275 g/mol. The van der Waals surface area contributed by atoms with E-state index in [1.807, 2.05) is 33.8 Å². The summed E-state index contributed by atoms with van der Waals surface area (Å²) in [4.78, 5) is 4.61. The summed E-state index contributed by atoms with van der Waals surface area (Å²) in [5, 5.41) is 0. The van der Waals surface area contributed by atoms with Crippen LogP contribution >= 0.6 is 0 Å². The molecule has 0 atom stereocenters. The molecule has 3 rings (SSSR count). The molecule has 20 heavy (non-hydrogen) atoms. The maximum absolute atomic E-state index is 6.07. The van der Waals surface area contributed by atoms with Crippen molar-refractivity contribution in [3.63, 3.8) is 0 Å². The van der Waals surface area contributed by atoms with Gasteiger partial charge < -0.3 is 14.0 Å². The van der Waals surface area contributed by atoms with Crippen LogP contribution in [0.25, 0.3) is 0 Å². The van der Waals surface area contributed by atoms with Crippen LogP contribution in [0.4, 0.5) is 0 Å². The summed E-state index contributed by atoms with van der Waals surface area (Å²) in [6.07, 6.45) is 2.46. The molecule has 4 nitrogen and oxygen atoms in total. The summed E-state index contributed by atoms with van der Waals surface area (Å²) in [5.41, 5.74) is 1.29. The summed E-state index contributed by atoms with van der Waals surface area (Å²) in [7, 11) is 1.23. The maximum atomic E-state index is 6.07. The van der Waals surface area contributed by atoms with E-state index < -0.39 is 7.12 Å². The van der Waals surface area contributed by atoms with Crippen molar-refractivity contribution in [3.05, 3.63) is 17.8 Å². The minimum Gasteiger partial charge on any atom is -0.481 e. The van der Waals surface area contributed by atoms with Crippen molar-refractivity contribution >= 4 is 12.6 Å². The molecule has 1 saturated heterocycles. The van der Waals surface area contributed by atoms with Gasteiger partial charge in [0.2, 0.25) is 5.88 Å². The van der Waals surface area contributed by atoms with E-state index in [0.717, 1.165) is 11.2 Å². The van der Waals surface area contributed by atoms with Gasteiger partial charge in [0.05, 0.1) is 18.3 Å². The first-order valence-electron chi connectivity index (χ1n) is 7.24. The van der Waals surface area contributed by atoms with Crippen molar-refractivity contribution in [2.24, 2.45) is 0 Å². The second-order valence-corrected chi connectivity index (χ2v) is 6.70. The van der Waals surface area contributed by atoms with Crippen molar-refractivity contribution in [1.29, 1.82) is 0 Å². The predicted molar refractivity (Wildman–Crippen MR) is 78.5 cm³/mol. The largest absolute Gasteiger partial charge is 0.500 e. The highest BCUT2D eigenvalue weighted by atomic mass is 16.7. The molecule has 0 unspecified atom stereocenters. The van der Waals surface area contributed by atoms with Crippen LogP contribution in [-0.4, -0.2) is 30.4 Å². The van der Waals surface area contributed by atoms with Gasteiger partial charge in [-0.15, -0.1) is 0 Å². The van der Waals surface area contributed by atoms with E-state index in [9.17, 15) is 0 Å². The lowest BCUT2D eigenvalue weighted by atomic mass is 9.79. The zero-order valence-corrected chi connectivity index (χ0v) is 12.9. The number of aromatic nitrogens is 1. The molecule has 1 aliphatic heterocycles. The molecule has 1 saturated carbocycles. The minimum absolute atomic E-state index is 0.349. The topological polar surface area (TPSA) is 40.6 Å². The van der Waals surface area contributed by atoms with Crippen molar-refractivity contribution in [2.45, 2.75) is 57.7 Å². The van der Waals surface area contributed by atoms with Gasteiger partial charge in [-0.2, -0.15) is 0 Å². The molecule has 1 aliphatic carbocycles. The normalized spacial score (nSPS) is 23.9. The van der Waals surface area contributed by atoms with Crippen LogP contribution in [0.3, 0.4) is 0 Å². The fourth-order valence-corrected chi connectivity index (χ4v) is 2.38. The zero-order chi connectivity index (χ0) is 14.5. The highest BCUT2D eigenvalue weighted by molar-refractivity contribution is 6.63. The Balaban J connectivity index is 1.91. The van der Waals surface area contributed by atoms with Gasteiger partial charge in [-0.3, -0.25) is 0 Å². The minimum atomic E-state index is -0.421. The summed E-state index contributed by atoms with van der Waals surface area (Å²) in [5.74, 6) is 1.23. The van der Waals surface area contributed by atoms with E-state index in [-0.39, 0.29) is 11.2 Å². The fraction of sp³-hybridized carbons (Fsp3) is 0.667. The molecule has 0 radical (unpaired) electrons.